The smallest absolute Gasteiger partial charge is 0.0822 e. The van der Waals surface area contributed by atoms with E-state index in [4.69, 9.17) is 10.5 Å². The third-order valence-corrected chi connectivity index (χ3v) is 3.57. The minimum atomic E-state index is -0.491. The van der Waals surface area contributed by atoms with Crippen molar-refractivity contribution in [2.45, 2.75) is 38.6 Å². The number of nitrogen functional groups attached to an aromatic ring is 1. The fourth-order valence-electron chi connectivity index (χ4n) is 2.74. The molecular formula is C15H24N2O2. The first-order valence-electron chi connectivity index (χ1n) is 6.96. The number of aliphatic hydroxyl groups is 1. The van der Waals surface area contributed by atoms with Gasteiger partial charge in [0.1, 0.15) is 0 Å². The van der Waals surface area contributed by atoms with Crippen LogP contribution in [0.5, 0.6) is 0 Å². The fourth-order valence-corrected chi connectivity index (χ4v) is 2.74. The molecular weight excluding hydrogens is 240 g/mol. The summed E-state index contributed by atoms with van der Waals surface area (Å²) in [5, 5.41) is 10.2. The summed E-state index contributed by atoms with van der Waals surface area (Å²) in [6.07, 6.45) is 0.744. The van der Waals surface area contributed by atoms with E-state index in [2.05, 4.69) is 18.7 Å². The maximum absolute atomic E-state index is 10.2. The summed E-state index contributed by atoms with van der Waals surface area (Å²) in [5.41, 5.74) is 7.38. The Morgan fingerprint density at radius 3 is 2.58 bits per heavy atom. The maximum Gasteiger partial charge on any atom is 0.0822 e. The van der Waals surface area contributed by atoms with Crippen molar-refractivity contribution in [3.63, 3.8) is 0 Å². The molecule has 1 fully saturated rings. The molecule has 0 aromatic heterocycles. The van der Waals surface area contributed by atoms with E-state index in [1.54, 1.807) is 0 Å². The van der Waals surface area contributed by atoms with E-state index in [1.807, 2.05) is 24.3 Å². The number of hydrogen-bond acceptors (Lipinski definition) is 4. The van der Waals surface area contributed by atoms with Crippen LogP contribution in [0.4, 0.5) is 5.69 Å². The summed E-state index contributed by atoms with van der Waals surface area (Å²) in [6.45, 7) is 6.92. The number of aliphatic hydroxyl groups excluding tert-OH is 1. The summed E-state index contributed by atoms with van der Waals surface area (Å²) in [7, 11) is 0. The number of para-hydroxylation sites is 1. The van der Waals surface area contributed by atoms with Gasteiger partial charge in [-0.3, -0.25) is 4.90 Å². The lowest BCUT2D eigenvalue weighted by Gasteiger charge is -2.35. The Bertz CT molecular complexity index is 401. The van der Waals surface area contributed by atoms with Gasteiger partial charge in [-0.2, -0.15) is 0 Å². The Morgan fingerprint density at radius 1 is 1.32 bits per heavy atom. The molecule has 0 aliphatic carbocycles. The Morgan fingerprint density at radius 2 is 1.95 bits per heavy atom. The van der Waals surface area contributed by atoms with Crippen LogP contribution in [0.25, 0.3) is 0 Å². The topological polar surface area (TPSA) is 58.7 Å². The van der Waals surface area contributed by atoms with Crippen LogP contribution in [0.3, 0.4) is 0 Å². The van der Waals surface area contributed by atoms with Crippen molar-refractivity contribution >= 4 is 5.69 Å². The van der Waals surface area contributed by atoms with Gasteiger partial charge in [0.25, 0.3) is 0 Å². The van der Waals surface area contributed by atoms with Crippen molar-refractivity contribution in [2.24, 2.45) is 0 Å². The minimum absolute atomic E-state index is 0.266. The zero-order valence-electron chi connectivity index (χ0n) is 11.7. The van der Waals surface area contributed by atoms with Crippen molar-refractivity contribution in [3.8, 4) is 0 Å². The summed E-state index contributed by atoms with van der Waals surface area (Å²) in [4.78, 5) is 2.35. The summed E-state index contributed by atoms with van der Waals surface area (Å²) in [6, 6.07) is 7.52. The van der Waals surface area contributed by atoms with E-state index in [0.717, 1.165) is 25.2 Å². The highest BCUT2D eigenvalue weighted by Crippen LogP contribution is 2.23. The molecule has 0 spiro atoms. The van der Waals surface area contributed by atoms with Crippen molar-refractivity contribution in [2.75, 3.05) is 25.4 Å². The highest BCUT2D eigenvalue weighted by molar-refractivity contribution is 5.47. The summed E-state index contributed by atoms with van der Waals surface area (Å²) < 4.78 is 5.70. The van der Waals surface area contributed by atoms with Crippen LogP contribution in [0, 0.1) is 0 Å². The zero-order valence-corrected chi connectivity index (χ0v) is 11.7. The average Bonchev–Trinajstić information content (AvgIpc) is 2.35. The first-order chi connectivity index (χ1) is 9.06. The lowest BCUT2D eigenvalue weighted by molar-refractivity contribution is -0.0702. The van der Waals surface area contributed by atoms with Crippen molar-refractivity contribution < 1.29 is 9.84 Å². The van der Waals surface area contributed by atoms with E-state index >= 15 is 0 Å². The molecule has 0 amide bonds. The van der Waals surface area contributed by atoms with Gasteiger partial charge in [0, 0.05) is 30.9 Å². The second-order valence-electron chi connectivity index (χ2n) is 5.45. The molecule has 1 aromatic carbocycles. The van der Waals surface area contributed by atoms with Crippen LogP contribution in [0.2, 0.25) is 0 Å². The Balaban J connectivity index is 1.87. The van der Waals surface area contributed by atoms with Crippen LogP contribution < -0.4 is 5.73 Å². The Hall–Kier alpha value is -1.10. The molecule has 3 unspecified atom stereocenters. The molecule has 4 heteroatoms. The molecule has 106 valence electrons. The van der Waals surface area contributed by atoms with Gasteiger partial charge in [-0.1, -0.05) is 18.2 Å². The molecule has 0 radical (unpaired) electrons. The molecule has 1 aliphatic rings. The summed E-state index contributed by atoms with van der Waals surface area (Å²) in [5.74, 6) is 0. The molecule has 0 bridgehead atoms. The van der Waals surface area contributed by atoms with Gasteiger partial charge in [-0.25, -0.2) is 0 Å². The maximum atomic E-state index is 10.2. The van der Waals surface area contributed by atoms with Gasteiger partial charge in [0.05, 0.1) is 18.3 Å². The van der Waals surface area contributed by atoms with E-state index < -0.39 is 6.10 Å². The number of morpholine rings is 1. The van der Waals surface area contributed by atoms with E-state index in [0.29, 0.717) is 12.1 Å². The normalized spacial score (nSPS) is 26.3. The van der Waals surface area contributed by atoms with Gasteiger partial charge in [-0.05, 0) is 26.3 Å². The first-order valence-corrected chi connectivity index (χ1v) is 6.96. The molecule has 3 atom stereocenters. The second-order valence-corrected chi connectivity index (χ2v) is 5.45. The predicted octanol–water partition coefficient (Wildman–Crippen LogP) is 1.80. The molecule has 1 aliphatic heterocycles. The quantitative estimate of drug-likeness (QED) is 0.814. The lowest BCUT2D eigenvalue weighted by atomic mass is 10.0. The minimum Gasteiger partial charge on any atom is -0.398 e. The van der Waals surface area contributed by atoms with Crippen LogP contribution >= 0.6 is 0 Å². The molecule has 1 saturated heterocycles. The lowest BCUT2D eigenvalue weighted by Crippen LogP contribution is -2.45. The third-order valence-electron chi connectivity index (χ3n) is 3.57. The average molecular weight is 264 g/mol. The second kappa shape index (κ2) is 6.37. The standard InChI is InChI=1S/C15H24N2O2/c1-11-9-17(10-12(2)19-11)8-7-15(18)13-5-3-4-6-14(13)16/h3-6,11-12,15,18H,7-10,16H2,1-2H3. The first kappa shape index (κ1) is 14.3. The van der Waals surface area contributed by atoms with Gasteiger partial charge in [0.2, 0.25) is 0 Å². The predicted molar refractivity (Wildman–Crippen MR) is 76.9 cm³/mol. The molecule has 1 heterocycles. The molecule has 0 saturated carbocycles. The molecule has 2 rings (SSSR count). The fraction of sp³-hybridized carbons (Fsp3) is 0.600. The Labute approximate surface area is 115 Å². The van der Waals surface area contributed by atoms with Crippen molar-refractivity contribution in [1.82, 2.24) is 4.90 Å². The van der Waals surface area contributed by atoms with E-state index in [1.165, 1.54) is 0 Å². The number of anilines is 1. The highest BCUT2D eigenvalue weighted by Gasteiger charge is 2.22. The van der Waals surface area contributed by atoms with Crippen molar-refractivity contribution in [3.05, 3.63) is 29.8 Å². The van der Waals surface area contributed by atoms with Gasteiger partial charge in [-0.15, -0.1) is 0 Å². The number of rotatable bonds is 4. The van der Waals surface area contributed by atoms with E-state index in [-0.39, 0.29) is 12.2 Å². The zero-order chi connectivity index (χ0) is 13.8. The molecule has 4 nitrogen and oxygen atoms in total. The molecule has 19 heavy (non-hydrogen) atoms. The van der Waals surface area contributed by atoms with Crippen LogP contribution in [-0.2, 0) is 4.74 Å². The number of hydrogen-bond donors (Lipinski definition) is 2. The third kappa shape index (κ3) is 3.93. The molecule has 3 N–H and O–H groups in total. The van der Waals surface area contributed by atoms with Crippen LogP contribution in [0.15, 0.2) is 24.3 Å². The monoisotopic (exact) mass is 264 g/mol. The molecule has 1 aromatic rings. The van der Waals surface area contributed by atoms with Crippen LogP contribution in [0.1, 0.15) is 31.9 Å². The number of nitrogens with two attached hydrogens (primary N) is 1. The van der Waals surface area contributed by atoms with Gasteiger partial charge >= 0.3 is 0 Å². The van der Waals surface area contributed by atoms with E-state index in [9.17, 15) is 5.11 Å². The summed E-state index contributed by atoms with van der Waals surface area (Å²) >= 11 is 0. The number of nitrogens with zero attached hydrogens (tertiary/aromatic N) is 1. The van der Waals surface area contributed by atoms with Gasteiger partial charge in [0.15, 0.2) is 0 Å². The number of benzene rings is 1. The SMILES string of the molecule is CC1CN(CCC(O)c2ccccc2N)CC(C)O1. The van der Waals surface area contributed by atoms with Crippen LogP contribution in [-0.4, -0.2) is 41.8 Å². The van der Waals surface area contributed by atoms with Gasteiger partial charge < -0.3 is 15.6 Å². The number of ether oxygens (including phenoxy) is 1. The highest BCUT2D eigenvalue weighted by atomic mass is 16.5. The largest absolute Gasteiger partial charge is 0.398 e. The van der Waals surface area contributed by atoms with Crippen molar-refractivity contribution in [1.29, 1.82) is 0 Å². The Kier molecular flexibility index (Phi) is 4.80.